The van der Waals surface area contributed by atoms with Crippen molar-refractivity contribution in [3.05, 3.63) is 186 Å². The standard InChI is InChI=1S/C56H56N4O4/c1-31-11-41-15-33(3)19-45(53(41)61)27-57-49-23-37(7)39(9)25-51(49)59-29-47-21-35(5)17-43(55(47)63)13-32(2)14-44-18-36(6)22-48(56(44)64)30-60-52-26-40(10)38(8)24-50(52)58-28-46-20-34(4)16-42(12-31)54(46)62/h15-30,61-64H,1-2,11-14H2,3-10H3. The highest BCUT2D eigenvalue weighted by Gasteiger charge is 2.17. The van der Waals surface area contributed by atoms with Gasteiger partial charge in [-0.3, -0.25) is 20.0 Å². The fourth-order valence-corrected chi connectivity index (χ4v) is 8.21. The zero-order chi connectivity index (χ0) is 46.0. The molecule has 0 atom stereocenters. The summed E-state index contributed by atoms with van der Waals surface area (Å²) in [5.41, 5.74) is 17.0. The molecule has 6 aromatic carbocycles. The molecule has 1 heterocycles. The normalized spacial score (nSPS) is 13.4. The van der Waals surface area contributed by atoms with Gasteiger partial charge in [-0.1, -0.05) is 48.6 Å². The summed E-state index contributed by atoms with van der Waals surface area (Å²) in [4.78, 5) is 19.4. The first kappa shape index (κ1) is 44.7. The van der Waals surface area contributed by atoms with Crippen LogP contribution in [0.5, 0.6) is 23.0 Å². The van der Waals surface area contributed by atoms with Crippen molar-refractivity contribution in [1.29, 1.82) is 0 Å². The lowest BCUT2D eigenvalue weighted by atomic mass is 9.94. The summed E-state index contributed by atoms with van der Waals surface area (Å²) in [6, 6.07) is 23.2. The fraction of sp³-hybridized carbons (Fsp3) is 0.214. The van der Waals surface area contributed by atoms with Gasteiger partial charge in [0.1, 0.15) is 23.0 Å². The van der Waals surface area contributed by atoms with Gasteiger partial charge in [0.25, 0.3) is 0 Å². The molecule has 324 valence electrons. The summed E-state index contributed by atoms with van der Waals surface area (Å²) in [7, 11) is 0. The van der Waals surface area contributed by atoms with Crippen LogP contribution >= 0.6 is 0 Å². The van der Waals surface area contributed by atoms with E-state index in [0.29, 0.717) is 92.9 Å². The lowest BCUT2D eigenvalue weighted by Crippen LogP contribution is -2.00. The minimum absolute atomic E-state index is 0.105. The van der Waals surface area contributed by atoms with E-state index < -0.39 is 0 Å². The van der Waals surface area contributed by atoms with Gasteiger partial charge in [-0.15, -0.1) is 0 Å². The molecular weight excluding hydrogens is 793 g/mol. The molecule has 4 N–H and O–H groups in total. The van der Waals surface area contributed by atoms with Crippen LogP contribution in [-0.4, -0.2) is 45.3 Å². The Labute approximate surface area is 376 Å². The summed E-state index contributed by atoms with van der Waals surface area (Å²) in [5.74, 6) is 0.421. The van der Waals surface area contributed by atoms with Gasteiger partial charge in [0.05, 0.1) is 22.7 Å². The Bertz CT molecular complexity index is 2600. The first-order chi connectivity index (χ1) is 30.4. The van der Waals surface area contributed by atoms with Gasteiger partial charge in [0, 0.05) is 47.1 Å². The van der Waals surface area contributed by atoms with E-state index in [-0.39, 0.29) is 23.0 Å². The summed E-state index contributed by atoms with van der Waals surface area (Å²) >= 11 is 0. The maximum absolute atomic E-state index is 11.6. The maximum Gasteiger partial charge on any atom is 0.127 e. The van der Waals surface area contributed by atoms with E-state index in [0.717, 1.165) is 55.7 Å². The number of aryl methyl sites for hydroxylation is 8. The molecule has 0 spiro atoms. The van der Waals surface area contributed by atoms with Crippen molar-refractivity contribution in [2.45, 2.75) is 81.1 Å². The van der Waals surface area contributed by atoms with E-state index >= 15 is 0 Å². The minimum atomic E-state index is 0.105. The van der Waals surface area contributed by atoms with Gasteiger partial charge in [-0.25, -0.2) is 0 Å². The van der Waals surface area contributed by atoms with Crippen LogP contribution in [0.25, 0.3) is 0 Å². The number of aliphatic imine (C=N–C) groups is 4. The van der Waals surface area contributed by atoms with Crippen molar-refractivity contribution in [3.63, 3.8) is 0 Å². The number of phenolic OH excluding ortho intramolecular Hbond substituents is 4. The first-order valence-corrected chi connectivity index (χ1v) is 21.4. The van der Waals surface area contributed by atoms with E-state index in [1.807, 2.05) is 128 Å². The van der Waals surface area contributed by atoms with Gasteiger partial charge in [0.15, 0.2) is 0 Å². The summed E-state index contributed by atoms with van der Waals surface area (Å²) in [5, 5.41) is 46.4. The van der Waals surface area contributed by atoms with Gasteiger partial charge in [-0.2, -0.15) is 0 Å². The van der Waals surface area contributed by atoms with Crippen molar-refractivity contribution >= 4 is 47.6 Å². The molecule has 0 radical (unpaired) electrons. The molecule has 1 aliphatic rings. The molecule has 8 nitrogen and oxygen atoms in total. The number of fused-ring (bicyclic) bond motifs is 10. The Morgan fingerprint density at radius 2 is 0.531 bits per heavy atom. The molecule has 0 amide bonds. The van der Waals surface area contributed by atoms with Gasteiger partial charge in [-0.05, 0) is 196 Å². The van der Waals surface area contributed by atoms with Gasteiger partial charge >= 0.3 is 0 Å². The van der Waals surface area contributed by atoms with Crippen LogP contribution in [0.3, 0.4) is 0 Å². The number of aromatic hydroxyl groups is 4. The Balaban J connectivity index is 1.35. The molecule has 0 saturated heterocycles. The van der Waals surface area contributed by atoms with Gasteiger partial charge in [0.2, 0.25) is 0 Å². The average molecular weight is 849 g/mol. The Morgan fingerprint density at radius 1 is 0.328 bits per heavy atom. The zero-order valence-electron chi connectivity index (χ0n) is 38.1. The van der Waals surface area contributed by atoms with Crippen LogP contribution < -0.4 is 0 Å². The van der Waals surface area contributed by atoms with E-state index in [2.05, 4.69) is 13.2 Å². The van der Waals surface area contributed by atoms with Crippen molar-refractivity contribution in [2.75, 3.05) is 0 Å². The molecule has 7 rings (SSSR count). The molecule has 0 aromatic heterocycles. The number of benzene rings is 6. The van der Waals surface area contributed by atoms with Crippen LogP contribution in [0.1, 0.15) is 89.0 Å². The van der Waals surface area contributed by atoms with E-state index in [1.165, 1.54) is 0 Å². The van der Waals surface area contributed by atoms with Crippen LogP contribution in [0, 0.1) is 55.4 Å². The van der Waals surface area contributed by atoms with Crippen LogP contribution in [0.2, 0.25) is 0 Å². The molecule has 0 unspecified atom stereocenters. The summed E-state index contributed by atoms with van der Waals surface area (Å²) < 4.78 is 0. The predicted molar refractivity (Wildman–Crippen MR) is 265 cm³/mol. The smallest absolute Gasteiger partial charge is 0.127 e. The quantitative estimate of drug-likeness (QED) is 0.113. The predicted octanol–water partition coefficient (Wildman–Crippen LogP) is 13.0. The summed E-state index contributed by atoms with van der Waals surface area (Å²) in [6.07, 6.45) is 8.13. The van der Waals surface area contributed by atoms with Gasteiger partial charge < -0.3 is 20.4 Å². The lowest BCUT2D eigenvalue weighted by Gasteiger charge is -2.14. The minimum Gasteiger partial charge on any atom is -0.507 e. The van der Waals surface area contributed by atoms with Crippen molar-refractivity contribution in [1.82, 2.24) is 0 Å². The first-order valence-electron chi connectivity index (χ1n) is 21.4. The number of nitrogens with zero attached hydrogens (tertiary/aromatic N) is 4. The molecule has 0 fully saturated rings. The monoisotopic (exact) mass is 848 g/mol. The third-order valence-corrected chi connectivity index (χ3v) is 11.8. The molecule has 0 saturated carbocycles. The molecule has 8 heteroatoms. The van der Waals surface area contributed by atoms with Crippen LogP contribution in [0.4, 0.5) is 22.7 Å². The van der Waals surface area contributed by atoms with E-state index in [4.69, 9.17) is 20.0 Å². The van der Waals surface area contributed by atoms with Crippen molar-refractivity contribution in [2.24, 2.45) is 20.0 Å². The third-order valence-electron chi connectivity index (χ3n) is 11.8. The molecule has 64 heavy (non-hydrogen) atoms. The third kappa shape index (κ3) is 10.1. The fourth-order valence-electron chi connectivity index (χ4n) is 8.21. The summed E-state index contributed by atoms with van der Waals surface area (Å²) in [6.45, 7) is 24.7. The SMILES string of the molecule is C=C1Cc2cc(C)cc(c2O)C=Nc2cc(C)c(C)cc2N=Cc2cc(C)cc(c2O)CC(=C)Cc2cc(C)cc(c2O)C=Nc2cc(C)c(C)cc2N=Cc2cc(C)cc(c2O)C1. The maximum atomic E-state index is 11.6. The molecular formula is C56H56N4O4. The second-order valence-corrected chi connectivity index (χ2v) is 17.5. The van der Waals surface area contributed by atoms with Crippen molar-refractivity contribution < 1.29 is 20.4 Å². The number of phenols is 4. The number of rotatable bonds is 0. The number of allylic oxidation sites excluding steroid dienone is 2. The largest absolute Gasteiger partial charge is 0.507 e. The Hall–Kier alpha value is -7.32. The lowest BCUT2D eigenvalue weighted by molar-refractivity contribution is 0.465. The zero-order valence-corrected chi connectivity index (χ0v) is 38.1. The molecule has 1 aliphatic heterocycles. The molecule has 6 aromatic rings. The van der Waals surface area contributed by atoms with Crippen LogP contribution in [0.15, 0.2) is 117 Å². The highest BCUT2D eigenvalue weighted by molar-refractivity contribution is 5.92. The van der Waals surface area contributed by atoms with Crippen LogP contribution in [-0.2, 0) is 25.7 Å². The second kappa shape index (κ2) is 18.6. The highest BCUT2D eigenvalue weighted by Crippen LogP contribution is 2.37. The topological polar surface area (TPSA) is 130 Å². The Morgan fingerprint density at radius 3 is 0.734 bits per heavy atom. The number of hydrogen-bond acceptors (Lipinski definition) is 8. The van der Waals surface area contributed by atoms with Crippen molar-refractivity contribution in [3.8, 4) is 23.0 Å². The van der Waals surface area contributed by atoms with E-state index in [9.17, 15) is 20.4 Å². The second-order valence-electron chi connectivity index (χ2n) is 17.5. The molecule has 8 bridgehead atoms. The number of hydrogen-bond donors (Lipinski definition) is 4. The highest BCUT2D eigenvalue weighted by atomic mass is 16.3. The average Bonchev–Trinajstić information content (AvgIpc) is 3.22. The van der Waals surface area contributed by atoms with E-state index in [1.54, 1.807) is 24.9 Å². The Kier molecular flexibility index (Phi) is 13.0. The molecule has 0 aliphatic carbocycles.